The molecule has 1 unspecified atom stereocenters. The summed E-state index contributed by atoms with van der Waals surface area (Å²) in [6.45, 7) is 6.00. The van der Waals surface area contributed by atoms with Gasteiger partial charge in [-0.2, -0.15) is 5.10 Å². The second-order valence-electron chi connectivity index (χ2n) is 6.02. The Labute approximate surface area is 131 Å². The number of nitrogens with zero attached hydrogens (tertiary/aromatic N) is 4. The van der Waals surface area contributed by atoms with E-state index in [0.29, 0.717) is 5.92 Å². The summed E-state index contributed by atoms with van der Waals surface area (Å²) < 4.78 is 1.97. The van der Waals surface area contributed by atoms with Gasteiger partial charge in [0.1, 0.15) is 0 Å². The predicted octanol–water partition coefficient (Wildman–Crippen LogP) is 2.24. The van der Waals surface area contributed by atoms with Crippen LogP contribution in [0.4, 0.5) is 0 Å². The molecule has 0 aromatic carbocycles. The Morgan fingerprint density at radius 2 is 2.14 bits per heavy atom. The van der Waals surface area contributed by atoms with Crippen molar-refractivity contribution in [1.29, 1.82) is 0 Å². The van der Waals surface area contributed by atoms with E-state index in [1.165, 1.54) is 5.56 Å². The minimum absolute atomic E-state index is 0.310. The fourth-order valence-electron chi connectivity index (χ4n) is 3.14. The Morgan fingerprint density at radius 3 is 2.77 bits per heavy atom. The summed E-state index contributed by atoms with van der Waals surface area (Å²) in [5.74, 6) is 0.310. The molecule has 22 heavy (non-hydrogen) atoms. The van der Waals surface area contributed by atoms with Gasteiger partial charge in [0.2, 0.25) is 0 Å². The van der Waals surface area contributed by atoms with Gasteiger partial charge in [-0.1, -0.05) is 6.07 Å². The van der Waals surface area contributed by atoms with Gasteiger partial charge in [-0.3, -0.25) is 14.6 Å². The molecule has 0 spiro atoms. The van der Waals surface area contributed by atoms with Crippen molar-refractivity contribution in [3.8, 4) is 0 Å². The normalized spacial score (nSPS) is 18.5. The molecule has 1 aliphatic heterocycles. The van der Waals surface area contributed by atoms with Gasteiger partial charge in [0, 0.05) is 31.0 Å². The average molecular weight is 300 g/mol. The van der Waals surface area contributed by atoms with Crippen molar-refractivity contribution in [1.82, 2.24) is 19.7 Å². The maximum absolute atomic E-state index is 10.5. The number of aryl methyl sites for hydroxylation is 1. The smallest absolute Gasteiger partial charge is 0.0988 e. The van der Waals surface area contributed by atoms with Crippen LogP contribution in [0.5, 0.6) is 0 Å². The third-order valence-corrected chi connectivity index (χ3v) is 4.49. The number of aliphatic hydroxyl groups excluding tert-OH is 1. The van der Waals surface area contributed by atoms with Gasteiger partial charge in [0.05, 0.1) is 18.0 Å². The van der Waals surface area contributed by atoms with Crippen molar-refractivity contribution in [2.45, 2.75) is 39.0 Å². The Kier molecular flexibility index (Phi) is 4.85. The zero-order valence-corrected chi connectivity index (χ0v) is 13.1. The number of aromatic nitrogens is 3. The molecule has 5 heteroatoms. The molecule has 0 aliphatic carbocycles. The van der Waals surface area contributed by atoms with Crippen molar-refractivity contribution in [3.05, 3.63) is 48.0 Å². The summed E-state index contributed by atoms with van der Waals surface area (Å²) in [7, 11) is 0. The third-order valence-electron chi connectivity index (χ3n) is 4.49. The maximum atomic E-state index is 10.5. The maximum Gasteiger partial charge on any atom is 0.0988 e. The lowest BCUT2D eigenvalue weighted by Gasteiger charge is -2.33. The van der Waals surface area contributed by atoms with Crippen molar-refractivity contribution >= 4 is 0 Å². The van der Waals surface area contributed by atoms with Gasteiger partial charge in [-0.05, 0) is 50.9 Å². The summed E-state index contributed by atoms with van der Waals surface area (Å²) in [4.78, 5) is 6.72. The molecule has 1 fully saturated rings. The molecule has 2 aromatic rings. The van der Waals surface area contributed by atoms with E-state index in [-0.39, 0.29) is 0 Å². The number of piperidine rings is 1. The topological polar surface area (TPSA) is 54.2 Å². The molecule has 1 saturated heterocycles. The first-order chi connectivity index (χ1) is 10.8. The van der Waals surface area contributed by atoms with Crippen molar-refractivity contribution < 1.29 is 5.11 Å². The van der Waals surface area contributed by atoms with Crippen LogP contribution in [0.25, 0.3) is 0 Å². The summed E-state index contributed by atoms with van der Waals surface area (Å²) in [6.07, 6.45) is 7.41. The highest BCUT2D eigenvalue weighted by Crippen LogP contribution is 2.30. The number of hydrogen-bond donors (Lipinski definition) is 1. The summed E-state index contributed by atoms with van der Waals surface area (Å²) in [5, 5.41) is 14.8. The molecule has 118 valence electrons. The lowest BCUT2D eigenvalue weighted by atomic mass is 9.89. The predicted molar refractivity (Wildman–Crippen MR) is 85.1 cm³/mol. The standard InChI is InChI=1S/C17H24N4O/c1-2-21-13-14(11-19-21)12-20-9-6-15(7-10-20)17(22)16-5-3-4-8-18-16/h3-5,8,11,13,15,17,22H,2,6-7,9-10,12H2,1H3. The Bertz CT molecular complexity index is 575. The Morgan fingerprint density at radius 1 is 1.32 bits per heavy atom. The second-order valence-corrected chi connectivity index (χ2v) is 6.02. The van der Waals surface area contributed by atoms with Crippen LogP contribution in [-0.4, -0.2) is 37.9 Å². The van der Waals surface area contributed by atoms with Gasteiger partial charge in [0.25, 0.3) is 0 Å². The van der Waals surface area contributed by atoms with Gasteiger partial charge in [-0.25, -0.2) is 0 Å². The van der Waals surface area contributed by atoms with E-state index in [1.807, 2.05) is 29.1 Å². The van der Waals surface area contributed by atoms with Gasteiger partial charge < -0.3 is 5.11 Å². The molecule has 1 N–H and O–H groups in total. The van der Waals surface area contributed by atoms with E-state index in [9.17, 15) is 5.11 Å². The number of hydrogen-bond acceptors (Lipinski definition) is 4. The zero-order chi connectivity index (χ0) is 15.4. The van der Waals surface area contributed by atoms with Crippen LogP contribution in [-0.2, 0) is 13.1 Å². The minimum Gasteiger partial charge on any atom is -0.387 e. The molecule has 0 saturated carbocycles. The van der Waals surface area contributed by atoms with E-state index >= 15 is 0 Å². The van der Waals surface area contributed by atoms with E-state index in [4.69, 9.17) is 0 Å². The average Bonchev–Trinajstić information content (AvgIpc) is 3.03. The monoisotopic (exact) mass is 300 g/mol. The third kappa shape index (κ3) is 3.54. The van der Waals surface area contributed by atoms with E-state index in [0.717, 1.165) is 44.7 Å². The van der Waals surface area contributed by atoms with E-state index < -0.39 is 6.10 Å². The van der Waals surface area contributed by atoms with Crippen molar-refractivity contribution in [2.24, 2.45) is 5.92 Å². The zero-order valence-electron chi connectivity index (χ0n) is 13.1. The highest BCUT2D eigenvalue weighted by molar-refractivity contribution is 5.08. The lowest BCUT2D eigenvalue weighted by molar-refractivity contribution is 0.0540. The highest BCUT2D eigenvalue weighted by Gasteiger charge is 2.26. The van der Waals surface area contributed by atoms with Crippen LogP contribution in [0, 0.1) is 5.92 Å². The van der Waals surface area contributed by atoms with Crippen molar-refractivity contribution in [2.75, 3.05) is 13.1 Å². The van der Waals surface area contributed by atoms with Crippen LogP contribution in [0.2, 0.25) is 0 Å². The van der Waals surface area contributed by atoms with Gasteiger partial charge >= 0.3 is 0 Å². The molecule has 3 rings (SSSR count). The Balaban J connectivity index is 1.52. The fraction of sp³-hybridized carbons (Fsp3) is 0.529. The second kappa shape index (κ2) is 7.03. The summed E-state index contributed by atoms with van der Waals surface area (Å²) in [5.41, 5.74) is 2.07. The van der Waals surface area contributed by atoms with Gasteiger partial charge in [0.15, 0.2) is 0 Å². The van der Waals surface area contributed by atoms with Gasteiger partial charge in [-0.15, -0.1) is 0 Å². The lowest BCUT2D eigenvalue weighted by Crippen LogP contribution is -2.35. The fourth-order valence-corrected chi connectivity index (χ4v) is 3.14. The molecule has 1 aliphatic rings. The molecule has 5 nitrogen and oxygen atoms in total. The van der Waals surface area contributed by atoms with Crippen LogP contribution < -0.4 is 0 Å². The highest BCUT2D eigenvalue weighted by atomic mass is 16.3. The number of pyridine rings is 1. The SMILES string of the molecule is CCn1cc(CN2CCC(C(O)c3ccccn3)CC2)cn1. The van der Waals surface area contributed by atoms with Crippen LogP contribution >= 0.6 is 0 Å². The first kappa shape index (κ1) is 15.2. The van der Waals surface area contributed by atoms with E-state index in [1.54, 1.807) is 6.20 Å². The first-order valence-electron chi connectivity index (χ1n) is 8.09. The van der Waals surface area contributed by atoms with Crippen LogP contribution in [0.1, 0.15) is 37.1 Å². The molecule has 1 atom stereocenters. The van der Waals surface area contributed by atoms with E-state index in [2.05, 4.69) is 28.1 Å². The number of likely N-dealkylation sites (tertiary alicyclic amines) is 1. The number of aliphatic hydroxyl groups is 1. The molecular formula is C17H24N4O. The quantitative estimate of drug-likeness (QED) is 0.920. The molecule has 3 heterocycles. The van der Waals surface area contributed by atoms with Crippen LogP contribution in [0.3, 0.4) is 0 Å². The minimum atomic E-state index is -0.439. The Hall–Kier alpha value is -1.72. The molecule has 0 amide bonds. The molecular weight excluding hydrogens is 276 g/mol. The summed E-state index contributed by atoms with van der Waals surface area (Å²) >= 11 is 0. The van der Waals surface area contributed by atoms with Crippen molar-refractivity contribution in [3.63, 3.8) is 0 Å². The largest absolute Gasteiger partial charge is 0.387 e. The summed E-state index contributed by atoms with van der Waals surface area (Å²) in [6, 6.07) is 5.73. The molecule has 0 bridgehead atoms. The number of rotatable bonds is 5. The van der Waals surface area contributed by atoms with Crippen LogP contribution in [0.15, 0.2) is 36.8 Å². The molecule has 0 radical (unpaired) electrons. The molecule has 2 aromatic heterocycles. The first-order valence-corrected chi connectivity index (χ1v) is 8.09.